The zero-order valence-corrected chi connectivity index (χ0v) is 4.48. The van der Waals surface area contributed by atoms with Gasteiger partial charge in [0.2, 0.25) is 0 Å². The van der Waals surface area contributed by atoms with Gasteiger partial charge in [0.1, 0.15) is 0 Å². The van der Waals surface area contributed by atoms with Gasteiger partial charge in [-0.1, -0.05) is 0 Å². The van der Waals surface area contributed by atoms with Crippen molar-refractivity contribution >= 4 is 14.0 Å². The highest BCUT2D eigenvalue weighted by Crippen LogP contribution is 2.30. The first-order chi connectivity index (χ1) is 3.29. The Morgan fingerprint density at radius 3 is 2.57 bits per heavy atom. The Balaban J connectivity index is 2.55. The van der Waals surface area contributed by atoms with Crippen LogP contribution < -0.4 is 0 Å². The molecule has 1 unspecified atom stereocenters. The van der Waals surface area contributed by atoms with Gasteiger partial charge in [0.05, 0.1) is 12.6 Å². The third kappa shape index (κ3) is 0.967. The predicted octanol–water partition coefficient (Wildman–Crippen LogP) is 0.676. The normalized spacial score (nSPS) is 25.1. The van der Waals surface area contributed by atoms with Crippen molar-refractivity contribution in [3.63, 3.8) is 0 Å². The van der Waals surface area contributed by atoms with Crippen LogP contribution in [0.3, 0.4) is 0 Å². The van der Waals surface area contributed by atoms with E-state index in [4.69, 9.17) is 0 Å². The lowest BCUT2D eigenvalue weighted by molar-refractivity contribution is -0.131. The first kappa shape index (κ1) is 4.72. The zero-order chi connectivity index (χ0) is 5.28. The minimum absolute atomic E-state index is 0.329. The number of carbonyl (C=O) groups is 1. The molecule has 0 bridgehead atoms. The fourth-order valence-corrected chi connectivity index (χ4v) is 1.16. The summed E-state index contributed by atoms with van der Waals surface area (Å²) >= 11 is 0. The molecule has 0 aliphatic carbocycles. The molecule has 1 radical (unpaired) electrons. The summed E-state index contributed by atoms with van der Waals surface area (Å²) in [6.45, 7) is 0. The molecule has 1 saturated heterocycles. The molecule has 0 saturated carbocycles. The summed E-state index contributed by atoms with van der Waals surface area (Å²) in [5.74, 6) is -0.332. The number of hydrogen-bond donors (Lipinski definition) is 0. The minimum Gasteiger partial charge on any atom is -0.383 e. The summed E-state index contributed by atoms with van der Waals surface area (Å²) in [6.07, 6.45) is 0.739. The van der Waals surface area contributed by atoms with Crippen LogP contribution >= 0.6 is 8.03 Å². The van der Waals surface area contributed by atoms with Crippen molar-refractivity contribution in [3.05, 3.63) is 0 Å². The van der Waals surface area contributed by atoms with Crippen LogP contribution in [0.5, 0.6) is 0 Å². The molecule has 1 aliphatic heterocycles. The van der Waals surface area contributed by atoms with E-state index in [0.29, 0.717) is 12.6 Å². The molecular weight excluding hydrogens is 115 g/mol. The van der Waals surface area contributed by atoms with Crippen LogP contribution in [-0.2, 0) is 13.9 Å². The second kappa shape index (κ2) is 1.58. The minimum atomic E-state index is -1.60. The molecule has 1 heterocycles. The van der Waals surface area contributed by atoms with Crippen LogP contribution in [0.15, 0.2) is 0 Å². The lowest BCUT2D eigenvalue weighted by atomic mass is 10.5. The molecule has 0 aromatic carbocycles. The zero-order valence-electron chi connectivity index (χ0n) is 3.59. The van der Waals surface area contributed by atoms with E-state index in [-0.39, 0.29) is 5.97 Å². The summed E-state index contributed by atoms with van der Waals surface area (Å²) in [4.78, 5) is 10.0. The van der Waals surface area contributed by atoms with Gasteiger partial charge in [-0.3, -0.25) is 4.79 Å². The fraction of sp³-hybridized carbons (Fsp3) is 0.667. The van der Waals surface area contributed by atoms with E-state index in [1.165, 1.54) is 0 Å². The molecule has 4 heteroatoms. The lowest BCUT2D eigenvalue weighted by Gasteiger charge is -1.79. The summed E-state index contributed by atoms with van der Waals surface area (Å²) in [6, 6.07) is 0. The maximum Gasteiger partial charge on any atom is 0.316 e. The first-order valence-electron chi connectivity index (χ1n) is 1.94. The molecule has 3 nitrogen and oxygen atoms in total. The van der Waals surface area contributed by atoms with E-state index >= 15 is 0 Å². The molecule has 1 rings (SSSR count). The number of hydrogen-bond acceptors (Lipinski definition) is 3. The Morgan fingerprint density at radius 1 is 1.71 bits per heavy atom. The standard InChI is InChI=1S/C3H4O3P/c4-3-1-2-7(5)6-3/h1-2H2. The average Bonchev–Trinajstić information content (AvgIpc) is 1.87. The van der Waals surface area contributed by atoms with E-state index < -0.39 is 8.03 Å². The Labute approximate surface area is 41.5 Å². The number of carbonyl (C=O) groups excluding carboxylic acids is 1. The topological polar surface area (TPSA) is 43.4 Å². The molecule has 0 N–H and O–H groups in total. The van der Waals surface area contributed by atoms with E-state index in [0.717, 1.165) is 0 Å². The monoisotopic (exact) mass is 119 g/mol. The van der Waals surface area contributed by atoms with Gasteiger partial charge in [0.25, 0.3) is 8.03 Å². The van der Waals surface area contributed by atoms with Crippen molar-refractivity contribution in [2.75, 3.05) is 6.16 Å². The second-order valence-corrected chi connectivity index (χ2v) is 2.56. The summed E-state index contributed by atoms with van der Waals surface area (Å²) < 4.78 is 14.4. The highest BCUT2D eigenvalue weighted by atomic mass is 31.1. The van der Waals surface area contributed by atoms with Gasteiger partial charge < -0.3 is 4.52 Å². The number of rotatable bonds is 0. The molecule has 0 aromatic rings. The highest BCUT2D eigenvalue weighted by molar-refractivity contribution is 7.40. The van der Waals surface area contributed by atoms with E-state index in [9.17, 15) is 9.36 Å². The van der Waals surface area contributed by atoms with E-state index in [1.54, 1.807) is 0 Å². The first-order valence-corrected chi connectivity index (χ1v) is 3.31. The van der Waals surface area contributed by atoms with Crippen LogP contribution in [0.1, 0.15) is 6.42 Å². The smallest absolute Gasteiger partial charge is 0.316 e. The van der Waals surface area contributed by atoms with Gasteiger partial charge in [-0.25, -0.2) is 4.57 Å². The van der Waals surface area contributed by atoms with Crippen LogP contribution in [-0.4, -0.2) is 12.1 Å². The van der Waals surface area contributed by atoms with Crippen LogP contribution in [0, 0.1) is 0 Å². The summed E-state index contributed by atoms with van der Waals surface area (Å²) in [5.41, 5.74) is 0. The predicted molar refractivity (Wildman–Crippen MR) is 23.2 cm³/mol. The van der Waals surface area contributed by atoms with Gasteiger partial charge in [-0.15, -0.1) is 0 Å². The SMILES string of the molecule is O=C1CC[P](=O)O1. The molecule has 0 aromatic heterocycles. The Hall–Kier alpha value is -0.430. The maximum atomic E-state index is 10.2. The van der Waals surface area contributed by atoms with Crippen LogP contribution in [0.2, 0.25) is 0 Å². The maximum absolute atomic E-state index is 10.2. The molecule has 0 spiro atoms. The van der Waals surface area contributed by atoms with Gasteiger partial charge in [-0.2, -0.15) is 0 Å². The van der Waals surface area contributed by atoms with Crippen molar-refractivity contribution in [2.45, 2.75) is 6.42 Å². The molecule has 0 amide bonds. The lowest BCUT2D eigenvalue weighted by Crippen LogP contribution is -1.86. The second-order valence-electron chi connectivity index (χ2n) is 1.27. The van der Waals surface area contributed by atoms with Gasteiger partial charge in [0, 0.05) is 0 Å². The summed E-state index contributed by atoms with van der Waals surface area (Å²) in [5, 5.41) is 0. The van der Waals surface area contributed by atoms with Crippen LogP contribution in [0.4, 0.5) is 0 Å². The third-order valence-corrected chi connectivity index (χ3v) is 1.70. The average molecular weight is 119 g/mol. The Morgan fingerprint density at radius 2 is 2.43 bits per heavy atom. The van der Waals surface area contributed by atoms with Gasteiger partial charge >= 0.3 is 5.97 Å². The molecule has 1 aliphatic rings. The van der Waals surface area contributed by atoms with E-state index in [2.05, 4.69) is 4.52 Å². The van der Waals surface area contributed by atoms with Gasteiger partial charge in [-0.05, 0) is 0 Å². The Kier molecular flexibility index (Phi) is 1.07. The quantitative estimate of drug-likeness (QED) is 0.440. The molecule has 1 fully saturated rings. The van der Waals surface area contributed by atoms with E-state index in [1.807, 2.05) is 0 Å². The highest BCUT2D eigenvalue weighted by Gasteiger charge is 2.18. The fourth-order valence-electron chi connectivity index (χ4n) is 0.387. The van der Waals surface area contributed by atoms with Crippen molar-refractivity contribution in [1.82, 2.24) is 0 Å². The molecule has 39 valence electrons. The third-order valence-electron chi connectivity index (χ3n) is 0.702. The molecular formula is C3H4O3P. The van der Waals surface area contributed by atoms with Crippen molar-refractivity contribution < 1.29 is 13.9 Å². The molecule has 7 heavy (non-hydrogen) atoms. The van der Waals surface area contributed by atoms with Crippen LogP contribution in [0.25, 0.3) is 0 Å². The van der Waals surface area contributed by atoms with Gasteiger partial charge in [0.15, 0.2) is 0 Å². The summed E-state index contributed by atoms with van der Waals surface area (Å²) in [7, 11) is -1.60. The van der Waals surface area contributed by atoms with Crippen molar-refractivity contribution in [2.24, 2.45) is 0 Å². The molecule has 1 atom stereocenters. The van der Waals surface area contributed by atoms with Crippen molar-refractivity contribution in [3.8, 4) is 0 Å². The van der Waals surface area contributed by atoms with Crippen molar-refractivity contribution in [1.29, 1.82) is 0 Å². The Bertz CT molecular complexity index is 105. The largest absolute Gasteiger partial charge is 0.383 e.